The molecule has 2 aliphatic carbocycles. The molecule has 0 aromatic carbocycles. The number of amides is 5. The minimum absolute atomic E-state index is 0.0709. The van der Waals surface area contributed by atoms with Crippen LogP contribution in [0.4, 0.5) is 4.79 Å². The summed E-state index contributed by atoms with van der Waals surface area (Å²) >= 11 is 0. The molecule has 1 saturated heterocycles. The normalized spacial score (nSPS) is 33.3. The highest BCUT2D eigenvalue weighted by atomic mass is 16.2. The number of nitrogens with two attached hydrogens (primary N) is 1. The van der Waals surface area contributed by atoms with Gasteiger partial charge >= 0.3 is 6.03 Å². The van der Waals surface area contributed by atoms with E-state index in [-0.39, 0.29) is 25.3 Å². The van der Waals surface area contributed by atoms with Crippen LogP contribution in [0.25, 0.3) is 0 Å². The second-order valence-electron chi connectivity index (χ2n) is 11.9. The maximum Gasteiger partial charge on any atom is 0.315 e. The summed E-state index contributed by atoms with van der Waals surface area (Å²) in [6.45, 7) is -3.31. The Bertz CT molecular complexity index is 1350. The van der Waals surface area contributed by atoms with E-state index in [1.807, 2.05) is 13.8 Å². The number of piperidine rings is 1. The largest absolute Gasteiger partial charge is 0.363 e. The van der Waals surface area contributed by atoms with Crippen LogP contribution in [0, 0.1) is 28.6 Å². The molecule has 0 bridgehead atoms. The van der Waals surface area contributed by atoms with Crippen molar-refractivity contribution >= 4 is 29.5 Å². The number of urea groups is 1. The summed E-state index contributed by atoms with van der Waals surface area (Å²) in [5.74, 6) is -7.09. The third-order valence-electron chi connectivity index (χ3n) is 7.60. The third kappa shape index (κ3) is 6.26. The minimum atomic E-state index is -3.78. The number of ketones is 1. The summed E-state index contributed by atoms with van der Waals surface area (Å²) in [7, 11) is 0. The van der Waals surface area contributed by atoms with Crippen molar-refractivity contribution in [3.05, 3.63) is 0 Å². The number of primary amides is 1. The molecule has 10 nitrogen and oxygen atoms in total. The molecule has 0 unspecified atom stereocenters. The summed E-state index contributed by atoms with van der Waals surface area (Å²) in [6.07, 6.45) is -1.56. The first kappa shape index (κ1) is 16.3. The van der Waals surface area contributed by atoms with Crippen LogP contribution < -0.4 is 21.7 Å². The fraction of sp³-hybridized carbons (Fsp3) is 0.815. The lowest BCUT2D eigenvalue weighted by Gasteiger charge is -2.38. The zero-order valence-corrected chi connectivity index (χ0v) is 21.8. The molecule has 0 aromatic rings. The van der Waals surface area contributed by atoms with Crippen LogP contribution in [-0.4, -0.2) is 64.6 Å². The molecular formula is C27H45N5O5. The molecule has 1 heterocycles. The number of rotatable bonds is 8. The summed E-state index contributed by atoms with van der Waals surface area (Å²) in [4.78, 5) is 67.6. The number of Topliss-reactive ketones (excluding diaryl/α,β-unsaturated/α-hetero) is 1. The number of nitrogens with one attached hydrogen (secondary N) is 3. The zero-order chi connectivity index (χ0) is 38.3. The highest BCUT2D eigenvalue weighted by Gasteiger charge is 2.70. The lowest BCUT2D eigenvalue weighted by atomic mass is 9.80. The second-order valence-corrected chi connectivity index (χ2v) is 11.9. The Morgan fingerprint density at radius 2 is 1.76 bits per heavy atom. The number of hydrogen-bond donors (Lipinski definition) is 4. The molecule has 0 aromatic heterocycles. The van der Waals surface area contributed by atoms with E-state index in [0.29, 0.717) is 6.42 Å². The average Bonchev–Trinajstić information content (AvgIpc) is 3.18. The maximum absolute atomic E-state index is 14.3. The topological polar surface area (TPSA) is 151 Å². The van der Waals surface area contributed by atoms with Gasteiger partial charge in [0.15, 0.2) is 0 Å². The number of fused-ring (bicyclic) bond motifs is 1. The van der Waals surface area contributed by atoms with Crippen LogP contribution in [0.15, 0.2) is 0 Å². The van der Waals surface area contributed by atoms with E-state index in [2.05, 4.69) is 10.6 Å². The van der Waals surface area contributed by atoms with Crippen LogP contribution in [-0.2, 0) is 19.2 Å². The molecule has 3 aliphatic rings. The van der Waals surface area contributed by atoms with Gasteiger partial charge in [-0.25, -0.2) is 4.79 Å². The SMILES string of the molecule is [2H]C([2H])([2H])C(NC(=O)N[C@H](C(=O)N1C[C@H]2[C@@H]([C@H]1C(=O)N[C@@]([2H])(C(=O)C(N)=O)C([2H])([2H])C1CCC1)C2(C)C)C(C)(C)C)(C([2H])([2H])[2H])C([2H])([2H])[2H]. The Balaban J connectivity index is 2.01. The smallest absolute Gasteiger partial charge is 0.315 e. The summed E-state index contributed by atoms with van der Waals surface area (Å²) in [5.41, 5.74) is -0.321. The quantitative estimate of drug-likeness (QED) is 0.352. The van der Waals surface area contributed by atoms with E-state index in [1.54, 1.807) is 5.32 Å². The van der Waals surface area contributed by atoms with Gasteiger partial charge in [0.05, 0.1) is 7.39 Å². The predicted octanol–water partition coefficient (Wildman–Crippen LogP) is 1.71. The highest BCUT2D eigenvalue weighted by molar-refractivity contribution is 6.37. The van der Waals surface area contributed by atoms with E-state index >= 15 is 0 Å². The lowest BCUT2D eigenvalue weighted by molar-refractivity contribution is -0.145. The zero-order valence-electron chi connectivity index (χ0n) is 33.8. The molecule has 2 saturated carbocycles. The minimum Gasteiger partial charge on any atom is -0.363 e. The van der Waals surface area contributed by atoms with Crippen LogP contribution in [0.5, 0.6) is 0 Å². The summed E-state index contributed by atoms with van der Waals surface area (Å²) in [6, 6.07) is -7.80. The van der Waals surface area contributed by atoms with Gasteiger partial charge in [0.1, 0.15) is 12.1 Å². The summed E-state index contributed by atoms with van der Waals surface area (Å²) in [5, 5.41) is 5.94. The van der Waals surface area contributed by atoms with Crippen molar-refractivity contribution in [3.8, 4) is 0 Å². The Hall–Kier alpha value is -2.65. The van der Waals surface area contributed by atoms with Gasteiger partial charge in [0, 0.05) is 27.2 Å². The molecule has 5 amide bonds. The first-order chi connectivity index (χ1) is 21.7. The maximum atomic E-state index is 14.3. The Labute approximate surface area is 237 Å². The van der Waals surface area contributed by atoms with E-state index in [4.69, 9.17) is 22.2 Å². The molecule has 3 rings (SSSR count). The van der Waals surface area contributed by atoms with Crippen LogP contribution in [0.3, 0.4) is 0 Å². The molecule has 10 heteroatoms. The third-order valence-corrected chi connectivity index (χ3v) is 7.60. The number of hydrogen-bond acceptors (Lipinski definition) is 5. The first-order valence-electron chi connectivity index (χ1n) is 18.3. The van der Waals surface area contributed by atoms with Gasteiger partial charge in [0.2, 0.25) is 17.6 Å². The number of carbonyl (C=O) groups excluding carboxylic acids is 5. The van der Waals surface area contributed by atoms with Gasteiger partial charge in [0.25, 0.3) is 5.91 Å². The molecule has 0 spiro atoms. The number of carbonyl (C=O) groups is 5. The number of likely N-dealkylation sites (tertiary alicyclic amines) is 1. The van der Waals surface area contributed by atoms with Gasteiger partial charge in [-0.2, -0.15) is 0 Å². The second kappa shape index (κ2) is 9.91. The van der Waals surface area contributed by atoms with E-state index < -0.39 is 103 Å². The van der Waals surface area contributed by atoms with Crippen LogP contribution in [0.2, 0.25) is 0 Å². The van der Waals surface area contributed by atoms with Crippen molar-refractivity contribution in [1.82, 2.24) is 20.9 Å². The highest BCUT2D eigenvalue weighted by Crippen LogP contribution is 2.65. The van der Waals surface area contributed by atoms with E-state index in [1.165, 1.54) is 20.8 Å². The van der Waals surface area contributed by atoms with Crippen LogP contribution >= 0.6 is 0 Å². The van der Waals surface area contributed by atoms with Gasteiger partial charge in [-0.1, -0.05) is 53.9 Å². The van der Waals surface area contributed by atoms with Gasteiger partial charge in [-0.05, 0) is 55.5 Å². The molecular weight excluding hydrogens is 474 g/mol. The fourth-order valence-electron chi connectivity index (χ4n) is 5.20. The predicted molar refractivity (Wildman–Crippen MR) is 139 cm³/mol. The van der Waals surface area contributed by atoms with Gasteiger partial charge in [-0.3, -0.25) is 19.2 Å². The van der Waals surface area contributed by atoms with E-state index in [0.717, 1.165) is 4.90 Å². The molecule has 37 heavy (non-hydrogen) atoms. The monoisotopic (exact) mass is 531 g/mol. The Morgan fingerprint density at radius 1 is 1.14 bits per heavy atom. The standard InChI is InChI=1S/C27H45N5O5/c1-25(2,3)20(30-24(37)31-26(4,5)6)23(36)32-13-15-17(27(15,7)8)18(32)22(35)29-16(19(33)21(28)34)12-14-10-9-11-14/h14-18,20H,9-13H2,1-8H3,(H2,28,34)(H,29,35)(H2,30,31,37)/t15-,16+,17-,18-,20+/m0/s1/i4D3,5D3,6D3,12D2,16D. The van der Waals surface area contributed by atoms with Crippen molar-refractivity contribution in [3.63, 3.8) is 0 Å². The molecule has 1 aliphatic heterocycles. The fourth-order valence-corrected chi connectivity index (χ4v) is 5.20. The average molecular weight is 532 g/mol. The van der Waals surface area contributed by atoms with Crippen molar-refractivity contribution in [2.24, 2.45) is 34.3 Å². The first-order valence-corrected chi connectivity index (χ1v) is 12.3. The van der Waals surface area contributed by atoms with Gasteiger partial charge < -0.3 is 26.6 Å². The van der Waals surface area contributed by atoms with Crippen molar-refractivity contribution in [1.29, 1.82) is 0 Å². The molecule has 5 atom stereocenters. The Morgan fingerprint density at radius 3 is 2.24 bits per heavy atom. The molecule has 0 radical (unpaired) electrons. The van der Waals surface area contributed by atoms with Crippen molar-refractivity contribution < 1.29 is 40.4 Å². The Kier molecular flexibility index (Phi) is 4.38. The molecule has 3 fully saturated rings. The molecule has 208 valence electrons. The lowest BCUT2D eigenvalue weighted by Crippen LogP contribution is -2.62. The summed E-state index contributed by atoms with van der Waals surface area (Å²) < 4.78 is 96.0. The van der Waals surface area contributed by atoms with Crippen LogP contribution in [0.1, 0.15) is 97.3 Å². The van der Waals surface area contributed by atoms with Crippen molar-refractivity contribution in [2.45, 2.75) is 104 Å². The van der Waals surface area contributed by atoms with Crippen molar-refractivity contribution in [2.75, 3.05) is 6.54 Å². The van der Waals surface area contributed by atoms with E-state index in [9.17, 15) is 24.0 Å². The molecule has 5 N–H and O–H groups in total. The van der Waals surface area contributed by atoms with Gasteiger partial charge in [-0.15, -0.1) is 0 Å². The number of nitrogens with zero attached hydrogens (tertiary/aromatic N) is 1.